The van der Waals surface area contributed by atoms with Crippen LogP contribution in [0.4, 0.5) is 5.69 Å². The third-order valence-electron chi connectivity index (χ3n) is 4.91. The molecule has 0 atom stereocenters. The van der Waals surface area contributed by atoms with Crippen LogP contribution in [0.15, 0.2) is 57.1 Å². The fraction of sp³-hybridized carbons (Fsp3) is 0.286. The third kappa shape index (κ3) is 4.34. The summed E-state index contributed by atoms with van der Waals surface area (Å²) in [5.74, 6) is 0.0312. The number of nitrogens with zero attached hydrogens (tertiary/aromatic N) is 3. The smallest absolute Gasteiger partial charge is 0.267 e. The Bertz CT molecular complexity index is 939. The van der Waals surface area contributed by atoms with E-state index in [2.05, 4.69) is 20.9 Å². The van der Waals surface area contributed by atoms with Gasteiger partial charge in [-0.05, 0) is 54.4 Å². The number of carbonyl (C=O) groups excluding carboxylic acids is 1. The predicted octanol–water partition coefficient (Wildman–Crippen LogP) is 6.43. The summed E-state index contributed by atoms with van der Waals surface area (Å²) in [6, 6.07) is 9.90. The summed E-state index contributed by atoms with van der Waals surface area (Å²) in [7, 11) is 0. The third-order valence-corrected chi connectivity index (χ3v) is 6.71. The molecule has 2 heterocycles. The SMILES string of the molecule is O=C1/C(=C/c2ccc(Br)cc2)SC(=Nc2ccncc2Cl)N1C1CCCCC1. The molecule has 0 radical (unpaired) electrons. The molecule has 7 heteroatoms. The molecule has 28 heavy (non-hydrogen) atoms. The first kappa shape index (κ1) is 19.7. The summed E-state index contributed by atoms with van der Waals surface area (Å²) >= 11 is 11.1. The molecular formula is C21H19BrClN3OS. The lowest BCUT2D eigenvalue weighted by atomic mass is 9.94. The first-order chi connectivity index (χ1) is 13.6. The molecule has 2 aromatic rings. The zero-order chi connectivity index (χ0) is 19.5. The Kier molecular flexibility index (Phi) is 6.19. The van der Waals surface area contributed by atoms with Gasteiger partial charge < -0.3 is 0 Å². The maximum atomic E-state index is 13.3. The van der Waals surface area contributed by atoms with Gasteiger partial charge in [-0.25, -0.2) is 4.99 Å². The van der Waals surface area contributed by atoms with E-state index in [0.717, 1.165) is 35.7 Å². The fourth-order valence-corrected chi connectivity index (χ4v) is 4.98. The number of hydrogen-bond acceptors (Lipinski definition) is 4. The van der Waals surface area contributed by atoms with Crippen molar-refractivity contribution in [3.8, 4) is 0 Å². The molecule has 0 bridgehead atoms. The van der Waals surface area contributed by atoms with Gasteiger partial charge >= 0.3 is 0 Å². The van der Waals surface area contributed by atoms with Gasteiger partial charge in [0.15, 0.2) is 5.17 Å². The van der Waals surface area contributed by atoms with Crippen LogP contribution in [0.5, 0.6) is 0 Å². The zero-order valence-corrected chi connectivity index (χ0v) is 18.3. The number of pyridine rings is 1. The lowest BCUT2D eigenvalue weighted by Crippen LogP contribution is -2.40. The van der Waals surface area contributed by atoms with Crippen molar-refractivity contribution in [1.82, 2.24) is 9.88 Å². The van der Waals surface area contributed by atoms with E-state index in [0.29, 0.717) is 20.8 Å². The molecule has 1 saturated heterocycles. The molecule has 2 aliphatic rings. The maximum Gasteiger partial charge on any atom is 0.267 e. The Balaban J connectivity index is 1.71. The highest BCUT2D eigenvalue weighted by Gasteiger charge is 2.38. The van der Waals surface area contributed by atoms with Crippen molar-refractivity contribution in [2.24, 2.45) is 4.99 Å². The highest BCUT2D eigenvalue weighted by molar-refractivity contribution is 9.10. The van der Waals surface area contributed by atoms with Crippen molar-refractivity contribution in [2.75, 3.05) is 0 Å². The van der Waals surface area contributed by atoms with E-state index < -0.39 is 0 Å². The molecule has 1 saturated carbocycles. The van der Waals surface area contributed by atoms with Gasteiger partial charge in [-0.1, -0.05) is 58.9 Å². The Hall–Kier alpha value is -1.63. The highest BCUT2D eigenvalue weighted by atomic mass is 79.9. The summed E-state index contributed by atoms with van der Waals surface area (Å²) < 4.78 is 1.01. The van der Waals surface area contributed by atoms with Gasteiger partial charge in [-0.2, -0.15) is 0 Å². The van der Waals surface area contributed by atoms with Crippen LogP contribution in [0.1, 0.15) is 37.7 Å². The number of benzene rings is 1. The second-order valence-electron chi connectivity index (χ2n) is 6.85. The van der Waals surface area contributed by atoms with Crippen molar-refractivity contribution in [3.63, 3.8) is 0 Å². The minimum absolute atomic E-state index is 0.0312. The Labute approximate surface area is 182 Å². The number of aliphatic imine (C=N–C) groups is 1. The molecule has 0 spiro atoms. The van der Waals surface area contributed by atoms with Crippen molar-refractivity contribution in [1.29, 1.82) is 0 Å². The second kappa shape index (κ2) is 8.80. The highest BCUT2D eigenvalue weighted by Crippen LogP contribution is 2.39. The number of hydrogen-bond donors (Lipinski definition) is 0. The van der Waals surface area contributed by atoms with E-state index in [1.165, 1.54) is 18.2 Å². The van der Waals surface area contributed by atoms with Crippen molar-refractivity contribution in [2.45, 2.75) is 38.1 Å². The van der Waals surface area contributed by atoms with Crippen LogP contribution in [-0.4, -0.2) is 27.0 Å². The molecule has 1 amide bonds. The van der Waals surface area contributed by atoms with Crippen LogP contribution < -0.4 is 0 Å². The summed E-state index contributed by atoms with van der Waals surface area (Å²) in [5.41, 5.74) is 1.63. The van der Waals surface area contributed by atoms with Gasteiger partial charge in [0.1, 0.15) is 0 Å². The monoisotopic (exact) mass is 475 g/mol. The van der Waals surface area contributed by atoms with Crippen molar-refractivity contribution >= 4 is 62.1 Å². The summed E-state index contributed by atoms with van der Waals surface area (Å²) in [6.07, 6.45) is 10.7. The Morgan fingerprint density at radius 3 is 2.64 bits per heavy atom. The van der Waals surface area contributed by atoms with Gasteiger partial charge in [0, 0.05) is 22.9 Å². The first-order valence-corrected chi connectivity index (χ1v) is 11.3. The summed E-state index contributed by atoms with van der Waals surface area (Å²) in [5, 5.41) is 1.19. The normalized spacial score (nSPS) is 21.1. The van der Waals surface area contributed by atoms with Gasteiger partial charge in [-0.15, -0.1) is 0 Å². The quantitative estimate of drug-likeness (QED) is 0.479. The standard InChI is InChI=1S/C21H19BrClN3OS/c22-15-8-6-14(7-9-15)12-19-20(27)26(16-4-2-1-3-5-16)21(28-19)25-18-10-11-24-13-17(18)23/h6-13,16H,1-5H2/b19-12-,25-21?. The lowest BCUT2D eigenvalue weighted by molar-refractivity contribution is -0.124. The molecule has 0 unspecified atom stereocenters. The molecular weight excluding hydrogens is 458 g/mol. The van der Waals surface area contributed by atoms with Gasteiger partial charge in [0.25, 0.3) is 5.91 Å². The molecule has 4 nitrogen and oxygen atoms in total. The topological polar surface area (TPSA) is 45.6 Å². The van der Waals surface area contributed by atoms with E-state index in [1.807, 2.05) is 35.2 Å². The Morgan fingerprint density at radius 2 is 1.93 bits per heavy atom. The van der Waals surface area contributed by atoms with Crippen LogP contribution in [0.25, 0.3) is 6.08 Å². The van der Waals surface area contributed by atoms with Crippen LogP contribution in [0.3, 0.4) is 0 Å². The molecule has 1 aliphatic heterocycles. The lowest BCUT2D eigenvalue weighted by Gasteiger charge is -2.30. The number of aromatic nitrogens is 1. The average Bonchev–Trinajstić information content (AvgIpc) is 3.01. The number of halogens is 2. The van der Waals surface area contributed by atoms with Crippen LogP contribution in [0.2, 0.25) is 5.02 Å². The van der Waals surface area contributed by atoms with E-state index in [9.17, 15) is 4.79 Å². The maximum absolute atomic E-state index is 13.3. The number of rotatable bonds is 3. The zero-order valence-electron chi connectivity index (χ0n) is 15.1. The predicted molar refractivity (Wildman–Crippen MR) is 120 cm³/mol. The molecule has 144 valence electrons. The molecule has 1 aromatic heterocycles. The molecule has 2 fully saturated rings. The van der Waals surface area contributed by atoms with Gasteiger partial charge in [-0.3, -0.25) is 14.7 Å². The number of thioether (sulfide) groups is 1. The first-order valence-electron chi connectivity index (χ1n) is 9.29. The number of carbonyl (C=O) groups is 1. The van der Waals surface area contributed by atoms with Crippen LogP contribution >= 0.6 is 39.3 Å². The molecule has 1 aromatic carbocycles. The van der Waals surface area contributed by atoms with Crippen LogP contribution in [0, 0.1) is 0 Å². The van der Waals surface area contributed by atoms with E-state index in [1.54, 1.807) is 18.5 Å². The second-order valence-corrected chi connectivity index (χ2v) is 9.18. The molecule has 0 N–H and O–H groups in total. The van der Waals surface area contributed by atoms with Gasteiger partial charge in [0.2, 0.25) is 0 Å². The summed E-state index contributed by atoms with van der Waals surface area (Å²) in [6.45, 7) is 0. The average molecular weight is 477 g/mol. The van der Waals surface area contributed by atoms with Gasteiger partial charge in [0.05, 0.1) is 15.6 Å². The van der Waals surface area contributed by atoms with Crippen molar-refractivity contribution < 1.29 is 4.79 Å². The summed E-state index contributed by atoms with van der Waals surface area (Å²) in [4.78, 5) is 24.6. The van der Waals surface area contributed by atoms with E-state index >= 15 is 0 Å². The Morgan fingerprint density at radius 1 is 1.18 bits per heavy atom. The molecule has 1 aliphatic carbocycles. The minimum atomic E-state index is 0.0312. The van der Waals surface area contributed by atoms with E-state index in [-0.39, 0.29) is 11.9 Å². The van der Waals surface area contributed by atoms with E-state index in [4.69, 9.17) is 16.6 Å². The largest absolute Gasteiger partial charge is 0.283 e. The molecule has 4 rings (SSSR count). The number of amidine groups is 1. The fourth-order valence-electron chi connectivity index (χ4n) is 3.50. The van der Waals surface area contributed by atoms with Crippen LogP contribution in [-0.2, 0) is 4.79 Å². The van der Waals surface area contributed by atoms with Crippen molar-refractivity contribution in [3.05, 3.63) is 62.7 Å². The minimum Gasteiger partial charge on any atom is -0.283 e. The number of amides is 1.